The number of aliphatic carboxylic acids is 1. The number of carbonyl (C=O) groups is 1. The zero-order valence-electron chi connectivity index (χ0n) is 10.2. The summed E-state index contributed by atoms with van der Waals surface area (Å²) in [5, 5.41) is 18.2. The van der Waals surface area contributed by atoms with Crippen molar-refractivity contribution < 1.29 is 19.7 Å². The molecule has 0 aliphatic carbocycles. The second kappa shape index (κ2) is 5.98. The normalized spacial score (nSPS) is 21.5. The predicted octanol–water partition coefficient (Wildman–Crippen LogP) is 1.92. The highest BCUT2D eigenvalue weighted by Gasteiger charge is 2.21. The first kappa shape index (κ1) is 13.1. The van der Waals surface area contributed by atoms with Crippen molar-refractivity contribution in [1.29, 1.82) is 0 Å². The van der Waals surface area contributed by atoms with E-state index in [-0.39, 0.29) is 12.5 Å². The molecule has 0 aromatic heterocycles. The molecule has 1 fully saturated rings. The Kier molecular flexibility index (Phi) is 4.33. The number of carboxylic acid groups (broad SMARTS) is 1. The van der Waals surface area contributed by atoms with E-state index < -0.39 is 12.1 Å². The Balaban J connectivity index is 2.16. The lowest BCUT2D eigenvalue weighted by molar-refractivity contribution is -0.146. The average Bonchev–Trinajstić information content (AvgIpc) is 2.40. The number of carboxylic acids is 1. The maximum atomic E-state index is 10.7. The van der Waals surface area contributed by atoms with Gasteiger partial charge in [0.1, 0.15) is 0 Å². The smallest absolute Gasteiger partial charge is 0.332 e. The van der Waals surface area contributed by atoms with E-state index >= 15 is 0 Å². The van der Waals surface area contributed by atoms with Crippen LogP contribution < -0.4 is 0 Å². The number of hydrogen-bond acceptors (Lipinski definition) is 3. The van der Waals surface area contributed by atoms with Crippen LogP contribution in [0, 0.1) is 0 Å². The Hall–Kier alpha value is -1.39. The van der Waals surface area contributed by atoms with Gasteiger partial charge >= 0.3 is 5.97 Å². The van der Waals surface area contributed by atoms with E-state index in [4.69, 9.17) is 9.84 Å². The van der Waals surface area contributed by atoms with E-state index in [2.05, 4.69) is 0 Å². The molecule has 2 unspecified atom stereocenters. The third kappa shape index (κ3) is 3.09. The van der Waals surface area contributed by atoms with Crippen LogP contribution in [0.25, 0.3) is 0 Å². The maximum absolute atomic E-state index is 10.7. The second-order valence-corrected chi connectivity index (χ2v) is 4.61. The lowest BCUT2D eigenvalue weighted by atomic mass is 9.94. The zero-order chi connectivity index (χ0) is 13.0. The molecule has 2 N–H and O–H groups in total. The van der Waals surface area contributed by atoms with Crippen molar-refractivity contribution in [3.63, 3.8) is 0 Å². The van der Waals surface area contributed by atoms with Gasteiger partial charge in [-0.2, -0.15) is 0 Å². The number of aliphatic hydroxyl groups is 1. The summed E-state index contributed by atoms with van der Waals surface area (Å²) in [4.78, 5) is 10.7. The van der Waals surface area contributed by atoms with Gasteiger partial charge in [-0.25, -0.2) is 4.79 Å². The molecule has 0 spiro atoms. The third-order valence-corrected chi connectivity index (χ3v) is 3.28. The molecule has 2 atom stereocenters. The number of aliphatic hydroxyl groups excluding tert-OH is 1. The van der Waals surface area contributed by atoms with Gasteiger partial charge < -0.3 is 14.9 Å². The number of rotatable bonds is 4. The van der Waals surface area contributed by atoms with Gasteiger partial charge in [0.05, 0.1) is 6.10 Å². The van der Waals surface area contributed by atoms with Crippen molar-refractivity contribution in [1.82, 2.24) is 0 Å². The molecule has 0 saturated carbocycles. The minimum atomic E-state index is -1.35. The van der Waals surface area contributed by atoms with Gasteiger partial charge in [-0.15, -0.1) is 0 Å². The Labute approximate surface area is 106 Å². The molecule has 0 amide bonds. The fourth-order valence-corrected chi connectivity index (χ4v) is 2.32. The average molecular weight is 250 g/mol. The van der Waals surface area contributed by atoms with E-state index in [0.717, 1.165) is 37.0 Å². The third-order valence-electron chi connectivity index (χ3n) is 3.28. The van der Waals surface area contributed by atoms with Gasteiger partial charge in [-0.3, -0.25) is 0 Å². The Morgan fingerprint density at radius 2 is 2.17 bits per heavy atom. The highest BCUT2D eigenvalue weighted by atomic mass is 16.5. The lowest BCUT2D eigenvalue weighted by Gasteiger charge is -2.25. The predicted molar refractivity (Wildman–Crippen MR) is 66.3 cm³/mol. The molecule has 98 valence electrons. The molecule has 1 saturated heterocycles. The fourth-order valence-electron chi connectivity index (χ4n) is 2.32. The second-order valence-electron chi connectivity index (χ2n) is 4.61. The summed E-state index contributed by atoms with van der Waals surface area (Å²) in [5.41, 5.74) is 1.87. The van der Waals surface area contributed by atoms with Crippen molar-refractivity contribution in [3.05, 3.63) is 35.4 Å². The van der Waals surface area contributed by atoms with Crippen LogP contribution in [0.1, 0.15) is 36.5 Å². The van der Waals surface area contributed by atoms with E-state index in [9.17, 15) is 9.90 Å². The number of ether oxygens (including phenoxy) is 1. The van der Waals surface area contributed by atoms with Gasteiger partial charge in [0.2, 0.25) is 0 Å². The molecular weight excluding hydrogens is 232 g/mol. The minimum Gasteiger partial charge on any atom is -0.479 e. The summed E-state index contributed by atoms with van der Waals surface area (Å²) in [5.74, 6) is -1.19. The Morgan fingerprint density at radius 3 is 2.83 bits per heavy atom. The molecule has 18 heavy (non-hydrogen) atoms. The van der Waals surface area contributed by atoms with E-state index in [1.165, 1.54) is 0 Å². The van der Waals surface area contributed by atoms with Crippen molar-refractivity contribution in [3.8, 4) is 0 Å². The Morgan fingerprint density at radius 1 is 1.39 bits per heavy atom. The monoisotopic (exact) mass is 250 g/mol. The maximum Gasteiger partial charge on any atom is 0.332 e. The van der Waals surface area contributed by atoms with Gasteiger partial charge in [0.15, 0.2) is 6.10 Å². The van der Waals surface area contributed by atoms with Crippen LogP contribution in [-0.4, -0.2) is 28.9 Å². The van der Waals surface area contributed by atoms with Crippen LogP contribution >= 0.6 is 0 Å². The van der Waals surface area contributed by atoms with Gasteiger partial charge in [0.25, 0.3) is 0 Å². The van der Waals surface area contributed by atoms with E-state index in [1.54, 1.807) is 0 Å². The van der Waals surface area contributed by atoms with Crippen molar-refractivity contribution in [2.45, 2.75) is 37.9 Å². The number of benzene rings is 1. The summed E-state index contributed by atoms with van der Waals surface area (Å²) in [7, 11) is 0. The van der Waals surface area contributed by atoms with Crippen LogP contribution in [0.4, 0.5) is 0 Å². The molecule has 1 heterocycles. The molecule has 1 aliphatic heterocycles. The topological polar surface area (TPSA) is 66.8 Å². The first-order chi connectivity index (χ1) is 8.68. The molecule has 0 bridgehead atoms. The first-order valence-electron chi connectivity index (χ1n) is 6.29. The van der Waals surface area contributed by atoms with Crippen molar-refractivity contribution in [2.75, 3.05) is 6.61 Å². The molecule has 2 rings (SSSR count). The summed E-state index contributed by atoms with van der Waals surface area (Å²) in [6.45, 7) is 0.750. The Bertz CT molecular complexity index is 410. The molecule has 1 aromatic rings. The summed E-state index contributed by atoms with van der Waals surface area (Å²) < 4.78 is 5.72. The summed E-state index contributed by atoms with van der Waals surface area (Å²) in [6.07, 6.45) is 1.98. The molecule has 1 aliphatic rings. The van der Waals surface area contributed by atoms with Crippen molar-refractivity contribution in [2.24, 2.45) is 0 Å². The lowest BCUT2D eigenvalue weighted by Crippen LogP contribution is -2.23. The van der Waals surface area contributed by atoms with Crippen LogP contribution in [0.3, 0.4) is 0 Å². The van der Waals surface area contributed by atoms with Gasteiger partial charge in [0, 0.05) is 13.0 Å². The highest BCUT2D eigenvalue weighted by Crippen LogP contribution is 2.30. The minimum absolute atomic E-state index is 0.0379. The number of hydrogen-bond donors (Lipinski definition) is 2. The van der Waals surface area contributed by atoms with Crippen molar-refractivity contribution >= 4 is 5.97 Å². The van der Waals surface area contributed by atoms with Crippen LogP contribution in [0.2, 0.25) is 0 Å². The molecule has 0 radical (unpaired) electrons. The first-order valence-corrected chi connectivity index (χ1v) is 6.29. The largest absolute Gasteiger partial charge is 0.479 e. The molecule has 1 aromatic carbocycles. The van der Waals surface area contributed by atoms with E-state index in [0.29, 0.717) is 0 Å². The summed E-state index contributed by atoms with van der Waals surface area (Å²) >= 11 is 0. The molecular formula is C14H18O4. The van der Waals surface area contributed by atoms with Gasteiger partial charge in [-0.05, 0) is 30.4 Å². The fraction of sp³-hybridized carbons (Fsp3) is 0.500. The van der Waals surface area contributed by atoms with Crippen LogP contribution in [0.15, 0.2) is 24.3 Å². The molecule has 4 heteroatoms. The highest BCUT2D eigenvalue weighted by molar-refractivity contribution is 5.72. The quantitative estimate of drug-likeness (QED) is 0.856. The van der Waals surface area contributed by atoms with E-state index in [1.807, 2.05) is 24.3 Å². The van der Waals surface area contributed by atoms with Crippen LogP contribution in [-0.2, 0) is 16.0 Å². The zero-order valence-corrected chi connectivity index (χ0v) is 10.2. The summed E-state index contributed by atoms with van der Waals surface area (Å²) in [6, 6.07) is 7.60. The SMILES string of the molecule is O=C(O)C(O)Cc1ccccc1C1CCCCO1. The molecule has 4 nitrogen and oxygen atoms in total. The van der Waals surface area contributed by atoms with Crippen LogP contribution in [0.5, 0.6) is 0 Å². The standard InChI is InChI=1S/C14H18O4/c15-12(14(16)17)9-10-5-1-2-6-11(10)13-7-3-4-8-18-13/h1-2,5-6,12-13,15H,3-4,7-9H2,(H,16,17). The van der Waals surface area contributed by atoms with Gasteiger partial charge in [-0.1, -0.05) is 24.3 Å².